The number of aliphatic hydroxyl groups excluding tert-OH is 1. The van der Waals surface area contributed by atoms with Gasteiger partial charge in [0.25, 0.3) is 0 Å². The normalized spacial score (nSPS) is 28.1. The molecule has 0 amide bonds. The highest BCUT2D eigenvalue weighted by atomic mass is 19.2. The molecule has 4 heteroatoms. The van der Waals surface area contributed by atoms with Gasteiger partial charge in [-0.1, -0.05) is 25.0 Å². The number of nitrogens with zero attached hydrogens (tertiary/aromatic N) is 1. The lowest BCUT2D eigenvalue weighted by molar-refractivity contribution is 0.0194. The summed E-state index contributed by atoms with van der Waals surface area (Å²) in [6.07, 6.45) is 6.43. The Labute approximate surface area is 124 Å². The van der Waals surface area contributed by atoms with Crippen LogP contribution in [-0.2, 0) is 0 Å². The zero-order valence-corrected chi connectivity index (χ0v) is 12.3. The van der Waals surface area contributed by atoms with Gasteiger partial charge < -0.3 is 5.11 Å². The standard InChI is InChI=1S/C17H23F2NO/c18-14-8-3-7-13(17(14)19)16(21)11-20-10-4-6-12-5-1-2-9-15(12)20/h3,7-8,12,15-16,21H,1-2,4-6,9-11H2/t12-,15-,16?/m1/s1. The molecule has 2 fully saturated rings. The highest BCUT2D eigenvalue weighted by Gasteiger charge is 2.34. The second kappa shape index (κ2) is 6.41. The quantitative estimate of drug-likeness (QED) is 0.920. The molecule has 1 aromatic carbocycles. The number of benzene rings is 1. The van der Waals surface area contributed by atoms with Crippen LogP contribution < -0.4 is 0 Å². The molecule has 116 valence electrons. The van der Waals surface area contributed by atoms with Crippen molar-refractivity contribution in [1.82, 2.24) is 4.90 Å². The van der Waals surface area contributed by atoms with Gasteiger partial charge in [0, 0.05) is 18.2 Å². The monoisotopic (exact) mass is 295 g/mol. The molecule has 3 atom stereocenters. The summed E-state index contributed by atoms with van der Waals surface area (Å²) in [6, 6.07) is 4.53. The van der Waals surface area contributed by atoms with E-state index in [4.69, 9.17) is 0 Å². The number of hydrogen-bond donors (Lipinski definition) is 1. The Bertz CT molecular complexity index is 492. The van der Waals surface area contributed by atoms with Gasteiger partial charge in [0.1, 0.15) is 0 Å². The van der Waals surface area contributed by atoms with Crippen LogP contribution in [0.1, 0.15) is 50.2 Å². The minimum Gasteiger partial charge on any atom is -0.387 e. The first-order valence-electron chi connectivity index (χ1n) is 8.03. The second-order valence-electron chi connectivity index (χ2n) is 6.41. The van der Waals surface area contributed by atoms with Crippen molar-refractivity contribution in [3.05, 3.63) is 35.4 Å². The average molecular weight is 295 g/mol. The van der Waals surface area contributed by atoms with Crippen LogP contribution in [-0.4, -0.2) is 29.1 Å². The zero-order valence-electron chi connectivity index (χ0n) is 12.3. The summed E-state index contributed by atoms with van der Waals surface area (Å²) >= 11 is 0. The number of rotatable bonds is 3. The van der Waals surface area contributed by atoms with Crippen LogP contribution in [0.15, 0.2) is 18.2 Å². The molecule has 0 aromatic heterocycles. The molecule has 1 aromatic rings. The van der Waals surface area contributed by atoms with Gasteiger partial charge in [-0.2, -0.15) is 0 Å². The third kappa shape index (κ3) is 3.11. The fraction of sp³-hybridized carbons (Fsp3) is 0.647. The van der Waals surface area contributed by atoms with Gasteiger partial charge in [0.2, 0.25) is 0 Å². The average Bonchev–Trinajstić information content (AvgIpc) is 2.50. The molecule has 1 heterocycles. The molecule has 0 radical (unpaired) electrons. The van der Waals surface area contributed by atoms with Crippen LogP contribution in [0.3, 0.4) is 0 Å². The molecule has 0 spiro atoms. The van der Waals surface area contributed by atoms with Gasteiger partial charge in [0.05, 0.1) is 6.10 Å². The maximum absolute atomic E-state index is 13.8. The maximum atomic E-state index is 13.8. The molecule has 3 rings (SSSR count). The molecular formula is C17H23F2NO. The van der Waals surface area contributed by atoms with Crippen LogP contribution in [0.2, 0.25) is 0 Å². The number of hydrogen-bond acceptors (Lipinski definition) is 2. The van der Waals surface area contributed by atoms with E-state index in [1.807, 2.05) is 0 Å². The highest BCUT2D eigenvalue weighted by Crippen LogP contribution is 2.36. The molecule has 2 nitrogen and oxygen atoms in total. The molecule has 1 N–H and O–H groups in total. The predicted octanol–water partition coefficient (Wildman–Crippen LogP) is 3.65. The molecule has 1 aliphatic heterocycles. The molecule has 2 aliphatic rings. The van der Waals surface area contributed by atoms with Crippen molar-refractivity contribution in [2.24, 2.45) is 5.92 Å². The number of piperidine rings is 1. The van der Waals surface area contributed by atoms with E-state index in [2.05, 4.69) is 4.90 Å². The van der Waals surface area contributed by atoms with Gasteiger partial charge in [0.15, 0.2) is 11.6 Å². The number of halogens is 2. The largest absolute Gasteiger partial charge is 0.387 e. The van der Waals surface area contributed by atoms with E-state index in [0.717, 1.165) is 24.9 Å². The Balaban J connectivity index is 1.71. The summed E-state index contributed by atoms with van der Waals surface area (Å²) in [6.45, 7) is 1.36. The van der Waals surface area contributed by atoms with E-state index >= 15 is 0 Å². The number of aliphatic hydroxyl groups is 1. The predicted molar refractivity (Wildman–Crippen MR) is 77.9 cm³/mol. The van der Waals surface area contributed by atoms with Crippen LogP contribution in [0.25, 0.3) is 0 Å². The van der Waals surface area contributed by atoms with Crippen molar-refractivity contribution in [1.29, 1.82) is 0 Å². The Hall–Kier alpha value is -1.00. The van der Waals surface area contributed by atoms with Crippen LogP contribution in [0, 0.1) is 17.6 Å². The number of β-amino-alcohol motifs (C(OH)–C–C–N with tert-alkyl or cyclic N) is 1. The van der Waals surface area contributed by atoms with E-state index in [9.17, 15) is 13.9 Å². The lowest BCUT2D eigenvalue weighted by Crippen LogP contribution is -2.48. The van der Waals surface area contributed by atoms with E-state index in [-0.39, 0.29) is 5.56 Å². The molecule has 1 aliphatic carbocycles. The summed E-state index contributed by atoms with van der Waals surface area (Å²) in [5, 5.41) is 10.3. The molecule has 1 unspecified atom stereocenters. The Kier molecular flexibility index (Phi) is 4.55. The zero-order chi connectivity index (χ0) is 14.8. The topological polar surface area (TPSA) is 23.5 Å². The van der Waals surface area contributed by atoms with Crippen LogP contribution >= 0.6 is 0 Å². The molecular weight excluding hydrogens is 272 g/mol. The summed E-state index contributed by atoms with van der Waals surface area (Å²) in [5.41, 5.74) is 0.0768. The number of fused-ring (bicyclic) bond motifs is 1. The third-order valence-corrected chi connectivity index (χ3v) is 5.11. The first-order chi connectivity index (χ1) is 10.2. The van der Waals surface area contributed by atoms with Crippen molar-refractivity contribution in [3.8, 4) is 0 Å². The minimum atomic E-state index is -0.957. The summed E-state index contributed by atoms with van der Waals surface area (Å²) < 4.78 is 27.1. The fourth-order valence-electron chi connectivity index (χ4n) is 4.05. The third-order valence-electron chi connectivity index (χ3n) is 5.11. The van der Waals surface area contributed by atoms with Crippen molar-refractivity contribution < 1.29 is 13.9 Å². The first-order valence-corrected chi connectivity index (χ1v) is 8.03. The van der Waals surface area contributed by atoms with E-state index < -0.39 is 17.7 Å². The van der Waals surface area contributed by atoms with Crippen molar-refractivity contribution in [3.63, 3.8) is 0 Å². The van der Waals surface area contributed by atoms with E-state index in [0.29, 0.717) is 12.6 Å². The summed E-state index contributed by atoms with van der Waals surface area (Å²) in [4.78, 5) is 2.29. The lowest BCUT2D eigenvalue weighted by Gasteiger charge is -2.44. The van der Waals surface area contributed by atoms with Gasteiger partial charge in [-0.25, -0.2) is 8.78 Å². The first kappa shape index (κ1) is 14.9. The van der Waals surface area contributed by atoms with Crippen molar-refractivity contribution >= 4 is 0 Å². The Morgan fingerprint density at radius 2 is 1.90 bits per heavy atom. The Morgan fingerprint density at radius 1 is 1.14 bits per heavy atom. The van der Waals surface area contributed by atoms with Crippen molar-refractivity contribution in [2.75, 3.05) is 13.1 Å². The summed E-state index contributed by atoms with van der Waals surface area (Å²) in [7, 11) is 0. The van der Waals surface area contributed by atoms with Crippen LogP contribution in [0.4, 0.5) is 8.78 Å². The molecule has 0 bridgehead atoms. The molecule has 1 saturated heterocycles. The smallest absolute Gasteiger partial charge is 0.164 e. The minimum absolute atomic E-state index is 0.0768. The SMILES string of the molecule is OC(CN1CCC[C@H]2CCCC[C@H]21)c1cccc(F)c1F. The number of likely N-dealkylation sites (tertiary alicyclic amines) is 1. The van der Waals surface area contributed by atoms with E-state index in [1.165, 1.54) is 44.2 Å². The summed E-state index contributed by atoms with van der Waals surface area (Å²) in [5.74, 6) is -1.08. The van der Waals surface area contributed by atoms with Crippen molar-refractivity contribution in [2.45, 2.75) is 50.7 Å². The fourth-order valence-corrected chi connectivity index (χ4v) is 4.05. The van der Waals surface area contributed by atoms with Crippen LogP contribution in [0.5, 0.6) is 0 Å². The second-order valence-corrected chi connectivity index (χ2v) is 6.41. The highest BCUT2D eigenvalue weighted by molar-refractivity contribution is 5.21. The molecule has 1 saturated carbocycles. The van der Waals surface area contributed by atoms with E-state index in [1.54, 1.807) is 0 Å². The lowest BCUT2D eigenvalue weighted by atomic mass is 9.78. The van der Waals surface area contributed by atoms with Gasteiger partial charge in [-0.15, -0.1) is 0 Å². The Morgan fingerprint density at radius 3 is 2.76 bits per heavy atom. The van der Waals surface area contributed by atoms with Gasteiger partial charge in [-0.05, 0) is 44.2 Å². The van der Waals surface area contributed by atoms with Gasteiger partial charge in [-0.3, -0.25) is 4.90 Å². The molecule has 21 heavy (non-hydrogen) atoms. The maximum Gasteiger partial charge on any atom is 0.164 e. The van der Waals surface area contributed by atoms with Gasteiger partial charge >= 0.3 is 0 Å².